The molecular weight excluding hydrogens is 355 g/mol. The number of rotatable bonds is 10. The summed E-state index contributed by atoms with van der Waals surface area (Å²) in [6, 6.07) is 4.40. The molecule has 0 aliphatic carbocycles. The molecule has 0 saturated carbocycles. The largest absolute Gasteiger partial charge is 0.493 e. The Labute approximate surface area is 160 Å². The molecular formula is C21H30F3NO2. The van der Waals surface area contributed by atoms with E-state index in [0.29, 0.717) is 37.5 Å². The van der Waals surface area contributed by atoms with Crippen LogP contribution in [0.1, 0.15) is 70.4 Å². The Balaban J connectivity index is 2.06. The van der Waals surface area contributed by atoms with Gasteiger partial charge in [0.25, 0.3) is 0 Å². The summed E-state index contributed by atoms with van der Waals surface area (Å²) in [6.07, 6.45) is 1.44. The van der Waals surface area contributed by atoms with Gasteiger partial charge in [0.1, 0.15) is 12.4 Å². The first-order valence-electron chi connectivity index (χ1n) is 9.82. The smallest absolute Gasteiger partial charge is 0.419 e. The molecule has 0 fully saturated rings. The molecule has 0 spiro atoms. The van der Waals surface area contributed by atoms with E-state index in [2.05, 4.69) is 11.9 Å². The number of unbranched alkanes of at least 4 members (excludes halogenated alkanes) is 3. The van der Waals surface area contributed by atoms with Gasteiger partial charge in [-0.1, -0.05) is 39.2 Å². The van der Waals surface area contributed by atoms with Crippen molar-refractivity contribution in [2.75, 3.05) is 13.2 Å². The number of halogens is 3. The van der Waals surface area contributed by atoms with Crippen molar-refractivity contribution in [1.29, 1.82) is 0 Å². The second-order valence-corrected chi connectivity index (χ2v) is 7.23. The molecule has 1 atom stereocenters. The van der Waals surface area contributed by atoms with Crippen molar-refractivity contribution in [3.63, 3.8) is 0 Å². The van der Waals surface area contributed by atoms with Gasteiger partial charge in [0.2, 0.25) is 0 Å². The van der Waals surface area contributed by atoms with Crippen LogP contribution in [-0.4, -0.2) is 24.7 Å². The molecule has 1 heterocycles. The Bertz CT molecular complexity index is 643. The minimum Gasteiger partial charge on any atom is -0.493 e. The van der Waals surface area contributed by atoms with Gasteiger partial charge in [0.15, 0.2) is 5.90 Å². The quantitative estimate of drug-likeness (QED) is 0.449. The first kappa shape index (κ1) is 21.6. The van der Waals surface area contributed by atoms with Crippen molar-refractivity contribution in [3.8, 4) is 5.75 Å². The van der Waals surface area contributed by atoms with Gasteiger partial charge >= 0.3 is 6.18 Å². The van der Waals surface area contributed by atoms with Crippen LogP contribution in [0, 0.1) is 0 Å². The van der Waals surface area contributed by atoms with E-state index in [0.717, 1.165) is 32.1 Å². The zero-order valence-electron chi connectivity index (χ0n) is 16.5. The summed E-state index contributed by atoms with van der Waals surface area (Å²) in [6.45, 7) is 6.75. The van der Waals surface area contributed by atoms with Crippen LogP contribution in [-0.2, 0) is 17.3 Å². The Morgan fingerprint density at radius 3 is 2.56 bits per heavy atom. The Kier molecular flexibility index (Phi) is 7.57. The van der Waals surface area contributed by atoms with Crippen molar-refractivity contribution in [1.82, 2.24) is 0 Å². The average Bonchev–Trinajstić information content (AvgIpc) is 3.01. The first-order valence-corrected chi connectivity index (χ1v) is 9.82. The van der Waals surface area contributed by atoms with Crippen LogP contribution in [0.4, 0.5) is 13.2 Å². The number of ether oxygens (including phenoxy) is 2. The van der Waals surface area contributed by atoms with E-state index < -0.39 is 11.7 Å². The van der Waals surface area contributed by atoms with Crippen molar-refractivity contribution in [2.24, 2.45) is 4.99 Å². The number of nitrogens with zero attached hydrogens (tertiary/aromatic N) is 1. The summed E-state index contributed by atoms with van der Waals surface area (Å²) in [5.74, 6) is 0.575. The van der Waals surface area contributed by atoms with Crippen LogP contribution in [0.15, 0.2) is 23.2 Å². The number of hydrogen-bond donors (Lipinski definition) is 0. The van der Waals surface area contributed by atoms with Crippen molar-refractivity contribution in [2.45, 2.75) is 77.4 Å². The van der Waals surface area contributed by atoms with Gasteiger partial charge in [-0.3, -0.25) is 0 Å². The number of aliphatic imine (C=N–C) groups is 1. The van der Waals surface area contributed by atoms with Gasteiger partial charge in [-0.05, 0) is 43.4 Å². The van der Waals surface area contributed by atoms with E-state index in [9.17, 15) is 13.2 Å². The van der Waals surface area contributed by atoms with E-state index in [-0.39, 0.29) is 11.3 Å². The lowest BCUT2D eigenvalue weighted by molar-refractivity contribution is -0.139. The zero-order chi connectivity index (χ0) is 19.9. The lowest BCUT2D eigenvalue weighted by Crippen LogP contribution is -2.28. The van der Waals surface area contributed by atoms with Gasteiger partial charge in [0, 0.05) is 6.92 Å². The van der Waals surface area contributed by atoms with Gasteiger partial charge < -0.3 is 9.47 Å². The lowest BCUT2D eigenvalue weighted by atomic mass is 9.90. The van der Waals surface area contributed by atoms with Crippen molar-refractivity contribution in [3.05, 3.63) is 29.3 Å². The van der Waals surface area contributed by atoms with E-state index in [1.165, 1.54) is 12.1 Å². The van der Waals surface area contributed by atoms with E-state index >= 15 is 0 Å². The van der Waals surface area contributed by atoms with Gasteiger partial charge in [-0.15, -0.1) is 0 Å². The lowest BCUT2D eigenvalue weighted by Gasteiger charge is -2.22. The zero-order valence-corrected chi connectivity index (χ0v) is 16.5. The normalized spacial score (nSPS) is 19.7. The molecule has 6 heteroatoms. The van der Waals surface area contributed by atoms with Crippen molar-refractivity contribution >= 4 is 5.90 Å². The molecule has 0 amide bonds. The Morgan fingerprint density at radius 1 is 1.19 bits per heavy atom. The fraction of sp³-hybridized carbons (Fsp3) is 0.667. The third-order valence-corrected chi connectivity index (χ3v) is 5.09. The maximum atomic E-state index is 13.5. The predicted octanol–water partition coefficient (Wildman–Crippen LogP) is 6.19. The SMILES string of the molecule is CCCCCCOc1ccc(CCC2(CC)COC(C)=N2)cc1C(F)(F)F. The van der Waals surface area contributed by atoms with E-state index in [1.807, 2.05) is 13.8 Å². The molecule has 1 aliphatic heterocycles. The summed E-state index contributed by atoms with van der Waals surface area (Å²) in [5.41, 5.74) is -0.367. The molecule has 3 nitrogen and oxygen atoms in total. The van der Waals surface area contributed by atoms with Crippen LogP contribution in [0.2, 0.25) is 0 Å². The third kappa shape index (κ3) is 6.15. The summed E-state index contributed by atoms with van der Waals surface area (Å²) in [7, 11) is 0. The maximum absolute atomic E-state index is 13.5. The molecule has 27 heavy (non-hydrogen) atoms. The van der Waals surface area contributed by atoms with Gasteiger partial charge in [-0.25, -0.2) is 4.99 Å². The first-order chi connectivity index (χ1) is 12.8. The maximum Gasteiger partial charge on any atom is 0.419 e. The molecule has 1 unspecified atom stereocenters. The molecule has 0 N–H and O–H groups in total. The second-order valence-electron chi connectivity index (χ2n) is 7.23. The number of alkyl halides is 3. The van der Waals surface area contributed by atoms with E-state index in [4.69, 9.17) is 9.47 Å². The van der Waals surface area contributed by atoms with Crippen LogP contribution >= 0.6 is 0 Å². The molecule has 2 rings (SSSR count). The summed E-state index contributed by atoms with van der Waals surface area (Å²) < 4.78 is 51.3. The van der Waals surface area contributed by atoms with E-state index in [1.54, 1.807) is 6.07 Å². The monoisotopic (exact) mass is 385 g/mol. The van der Waals surface area contributed by atoms with Crippen LogP contribution in [0.25, 0.3) is 0 Å². The number of hydrogen-bond acceptors (Lipinski definition) is 3. The Hall–Kier alpha value is -1.72. The molecule has 1 aromatic rings. The minimum atomic E-state index is -4.43. The second kappa shape index (κ2) is 9.47. The highest BCUT2D eigenvalue weighted by Crippen LogP contribution is 2.38. The fourth-order valence-corrected chi connectivity index (χ4v) is 3.29. The topological polar surface area (TPSA) is 30.8 Å². The molecule has 0 saturated heterocycles. The molecule has 1 aromatic carbocycles. The fourth-order valence-electron chi connectivity index (χ4n) is 3.29. The highest BCUT2D eigenvalue weighted by molar-refractivity contribution is 5.75. The van der Waals surface area contributed by atoms with Crippen LogP contribution in [0.3, 0.4) is 0 Å². The molecule has 0 bridgehead atoms. The highest BCUT2D eigenvalue weighted by Gasteiger charge is 2.36. The summed E-state index contributed by atoms with van der Waals surface area (Å²) >= 11 is 0. The third-order valence-electron chi connectivity index (χ3n) is 5.09. The van der Waals surface area contributed by atoms with Gasteiger partial charge in [0.05, 0.1) is 17.7 Å². The van der Waals surface area contributed by atoms with Gasteiger partial charge in [-0.2, -0.15) is 13.2 Å². The van der Waals surface area contributed by atoms with Crippen LogP contribution < -0.4 is 4.74 Å². The van der Waals surface area contributed by atoms with Crippen molar-refractivity contribution < 1.29 is 22.6 Å². The summed E-state index contributed by atoms with van der Waals surface area (Å²) in [4.78, 5) is 4.55. The predicted molar refractivity (Wildman–Crippen MR) is 101 cm³/mol. The molecule has 0 aromatic heterocycles. The molecule has 0 radical (unpaired) electrons. The number of aryl methyl sites for hydroxylation is 1. The molecule has 1 aliphatic rings. The number of benzene rings is 1. The van der Waals surface area contributed by atoms with Crippen LogP contribution in [0.5, 0.6) is 5.75 Å². The Morgan fingerprint density at radius 2 is 1.96 bits per heavy atom. The summed E-state index contributed by atoms with van der Waals surface area (Å²) in [5, 5.41) is 0. The minimum absolute atomic E-state index is 0.0778. The standard InChI is InChI=1S/C21H30F3NO2/c1-4-6-7-8-13-26-19-10-9-17(14-18(19)21(22,23)24)11-12-20(5-2)15-27-16(3)25-20/h9-10,14H,4-8,11-13,15H2,1-3H3. The average molecular weight is 385 g/mol. The highest BCUT2D eigenvalue weighted by atomic mass is 19.4. The molecule has 152 valence electrons.